The third kappa shape index (κ3) is 4.12. The van der Waals surface area contributed by atoms with Gasteiger partial charge < -0.3 is 15.4 Å². The van der Waals surface area contributed by atoms with Gasteiger partial charge in [0.25, 0.3) is 0 Å². The molecular formula is C17H23N5O2. The van der Waals surface area contributed by atoms with Crippen LogP contribution in [0.3, 0.4) is 0 Å². The number of hydrogen-bond acceptors (Lipinski definition) is 4. The number of anilines is 1. The third-order valence-corrected chi connectivity index (χ3v) is 4.13. The van der Waals surface area contributed by atoms with Crippen LogP contribution < -0.4 is 10.6 Å². The molecule has 0 unspecified atom stereocenters. The van der Waals surface area contributed by atoms with Gasteiger partial charge in [-0.15, -0.1) is 0 Å². The van der Waals surface area contributed by atoms with E-state index in [1.807, 2.05) is 36.5 Å². The Balaban J connectivity index is 1.55. The minimum atomic E-state index is -0.213. The second kappa shape index (κ2) is 7.94. The van der Waals surface area contributed by atoms with Gasteiger partial charge in [0.2, 0.25) is 0 Å². The highest BCUT2D eigenvalue weighted by molar-refractivity contribution is 5.91. The number of benzene rings is 1. The first-order chi connectivity index (χ1) is 11.7. The SMILES string of the molecule is C[C@H](CNC(=O)Nc1ccccc1-n1cccn1)N1CCOCC1. The lowest BCUT2D eigenvalue weighted by molar-refractivity contribution is 0.0209. The molecule has 1 aromatic heterocycles. The predicted octanol–water partition coefficient (Wildman–Crippen LogP) is 1.71. The van der Waals surface area contributed by atoms with E-state index in [1.165, 1.54) is 0 Å². The van der Waals surface area contributed by atoms with E-state index in [4.69, 9.17) is 4.74 Å². The minimum Gasteiger partial charge on any atom is -0.379 e. The minimum absolute atomic E-state index is 0.213. The molecule has 128 valence electrons. The van der Waals surface area contributed by atoms with Gasteiger partial charge in [-0.25, -0.2) is 9.48 Å². The highest BCUT2D eigenvalue weighted by Gasteiger charge is 2.17. The van der Waals surface area contributed by atoms with E-state index in [0.29, 0.717) is 6.54 Å². The first-order valence-electron chi connectivity index (χ1n) is 8.20. The summed E-state index contributed by atoms with van der Waals surface area (Å²) in [4.78, 5) is 14.5. The topological polar surface area (TPSA) is 71.4 Å². The predicted molar refractivity (Wildman–Crippen MR) is 92.4 cm³/mol. The van der Waals surface area contributed by atoms with Crippen molar-refractivity contribution in [3.63, 3.8) is 0 Å². The maximum absolute atomic E-state index is 12.2. The van der Waals surface area contributed by atoms with E-state index in [9.17, 15) is 4.79 Å². The largest absolute Gasteiger partial charge is 0.379 e. The maximum atomic E-state index is 12.2. The number of carbonyl (C=O) groups is 1. The number of para-hydroxylation sites is 2. The van der Waals surface area contributed by atoms with Crippen molar-refractivity contribution >= 4 is 11.7 Å². The van der Waals surface area contributed by atoms with E-state index in [2.05, 4.69) is 27.6 Å². The summed E-state index contributed by atoms with van der Waals surface area (Å²) in [5, 5.41) is 10.1. The van der Waals surface area contributed by atoms with E-state index >= 15 is 0 Å². The van der Waals surface area contributed by atoms with Gasteiger partial charge in [-0.1, -0.05) is 12.1 Å². The lowest BCUT2D eigenvalue weighted by Gasteiger charge is -2.32. The molecular weight excluding hydrogens is 306 g/mol. The molecule has 24 heavy (non-hydrogen) atoms. The third-order valence-electron chi connectivity index (χ3n) is 4.13. The maximum Gasteiger partial charge on any atom is 0.319 e. The fourth-order valence-electron chi connectivity index (χ4n) is 2.74. The fraction of sp³-hybridized carbons (Fsp3) is 0.412. The Morgan fingerprint density at radius 2 is 2.08 bits per heavy atom. The number of morpholine rings is 1. The van der Waals surface area contributed by atoms with E-state index < -0.39 is 0 Å². The summed E-state index contributed by atoms with van der Waals surface area (Å²) in [5.74, 6) is 0. The zero-order valence-electron chi connectivity index (χ0n) is 13.8. The average Bonchev–Trinajstić information content (AvgIpc) is 3.15. The molecule has 2 amide bonds. The van der Waals surface area contributed by atoms with Crippen molar-refractivity contribution in [3.05, 3.63) is 42.7 Å². The summed E-state index contributed by atoms with van der Waals surface area (Å²) in [6.45, 7) is 6.04. The van der Waals surface area contributed by atoms with Gasteiger partial charge in [0.1, 0.15) is 0 Å². The molecule has 2 heterocycles. The lowest BCUT2D eigenvalue weighted by Crippen LogP contribution is -2.47. The van der Waals surface area contributed by atoms with Crippen molar-refractivity contribution in [1.82, 2.24) is 20.0 Å². The van der Waals surface area contributed by atoms with Gasteiger partial charge in [-0.05, 0) is 25.1 Å². The zero-order valence-corrected chi connectivity index (χ0v) is 13.8. The quantitative estimate of drug-likeness (QED) is 0.876. The van der Waals surface area contributed by atoms with Crippen LogP contribution in [0.2, 0.25) is 0 Å². The first-order valence-corrected chi connectivity index (χ1v) is 8.20. The second-order valence-corrected chi connectivity index (χ2v) is 5.80. The van der Waals surface area contributed by atoms with Gasteiger partial charge in [-0.2, -0.15) is 5.10 Å². The van der Waals surface area contributed by atoms with Gasteiger partial charge in [0.15, 0.2) is 0 Å². The van der Waals surface area contributed by atoms with Crippen LogP contribution in [0.5, 0.6) is 0 Å². The number of hydrogen-bond donors (Lipinski definition) is 2. The number of amides is 2. The summed E-state index contributed by atoms with van der Waals surface area (Å²) < 4.78 is 7.08. The number of urea groups is 1. The Kier molecular flexibility index (Phi) is 5.45. The summed E-state index contributed by atoms with van der Waals surface area (Å²) >= 11 is 0. The number of nitrogens with zero attached hydrogens (tertiary/aromatic N) is 3. The molecule has 2 aromatic rings. The van der Waals surface area contributed by atoms with Gasteiger partial charge in [0, 0.05) is 38.1 Å². The molecule has 3 rings (SSSR count). The number of carbonyl (C=O) groups excluding carboxylic acids is 1. The number of nitrogens with one attached hydrogen (secondary N) is 2. The Morgan fingerprint density at radius 1 is 1.29 bits per heavy atom. The number of rotatable bonds is 5. The molecule has 7 heteroatoms. The molecule has 1 atom stereocenters. The normalized spacial score (nSPS) is 16.5. The Bertz CT molecular complexity index is 653. The fourth-order valence-corrected chi connectivity index (χ4v) is 2.74. The molecule has 0 spiro atoms. The molecule has 1 fully saturated rings. The van der Waals surface area contributed by atoms with Crippen LogP contribution in [0.1, 0.15) is 6.92 Å². The summed E-state index contributed by atoms with van der Waals surface area (Å²) in [5.41, 5.74) is 1.55. The molecule has 0 saturated carbocycles. The van der Waals surface area contributed by atoms with Crippen molar-refractivity contribution in [2.45, 2.75) is 13.0 Å². The summed E-state index contributed by atoms with van der Waals surface area (Å²) in [6.07, 6.45) is 3.56. The second-order valence-electron chi connectivity index (χ2n) is 5.80. The van der Waals surface area contributed by atoms with Crippen LogP contribution in [0.25, 0.3) is 5.69 Å². The van der Waals surface area contributed by atoms with Crippen LogP contribution in [-0.2, 0) is 4.74 Å². The van der Waals surface area contributed by atoms with Crippen LogP contribution in [0, 0.1) is 0 Å². The summed E-state index contributed by atoms with van der Waals surface area (Å²) in [6, 6.07) is 9.50. The van der Waals surface area contributed by atoms with Crippen molar-refractivity contribution in [2.24, 2.45) is 0 Å². The average molecular weight is 329 g/mol. The zero-order chi connectivity index (χ0) is 16.8. The van der Waals surface area contributed by atoms with Crippen LogP contribution in [0.15, 0.2) is 42.7 Å². The van der Waals surface area contributed by atoms with Crippen LogP contribution in [-0.4, -0.2) is 59.6 Å². The Morgan fingerprint density at radius 3 is 2.83 bits per heavy atom. The number of aromatic nitrogens is 2. The highest BCUT2D eigenvalue weighted by atomic mass is 16.5. The Hall–Kier alpha value is -2.38. The molecule has 1 aliphatic rings. The first kappa shape index (κ1) is 16.5. The van der Waals surface area contributed by atoms with E-state index in [0.717, 1.165) is 37.7 Å². The lowest BCUT2D eigenvalue weighted by atomic mass is 10.2. The standard InChI is InChI=1S/C17H23N5O2/c1-14(21-9-11-24-12-10-21)13-18-17(23)20-15-5-2-3-6-16(15)22-8-4-7-19-22/h2-8,14H,9-13H2,1H3,(H2,18,20,23)/t14-/m1/s1. The van der Waals surface area contributed by atoms with Gasteiger partial charge in [-0.3, -0.25) is 4.90 Å². The van der Waals surface area contributed by atoms with Crippen LogP contribution in [0.4, 0.5) is 10.5 Å². The molecule has 0 radical (unpaired) electrons. The molecule has 0 aliphatic carbocycles. The van der Waals surface area contributed by atoms with Gasteiger partial charge in [0.05, 0.1) is 24.6 Å². The van der Waals surface area contributed by atoms with E-state index in [-0.39, 0.29) is 12.1 Å². The van der Waals surface area contributed by atoms with Crippen molar-refractivity contribution in [1.29, 1.82) is 0 Å². The highest BCUT2D eigenvalue weighted by Crippen LogP contribution is 2.18. The monoisotopic (exact) mass is 329 g/mol. The van der Waals surface area contributed by atoms with Crippen molar-refractivity contribution in [3.8, 4) is 5.69 Å². The molecule has 1 aliphatic heterocycles. The smallest absolute Gasteiger partial charge is 0.319 e. The molecule has 1 saturated heterocycles. The van der Waals surface area contributed by atoms with Crippen LogP contribution >= 0.6 is 0 Å². The van der Waals surface area contributed by atoms with Crippen molar-refractivity contribution in [2.75, 3.05) is 38.2 Å². The molecule has 0 bridgehead atoms. The number of ether oxygens (including phenoxy) is 1. The molecule has 2 N–H and O–H groups in total. The van der Waals surface area contributed by atoms with Crippen molar-refractivity contribution < 1.29 is 9.53 Å². The Labute approximate surface area is 141 Å². The molecule has 1 aromatic carbocycles. The summed E-state index contributed by atoms with van der Waals surface area (Å²) in [7, 11) is 0. The van der Waals surface area contributed by atoms with Gasteiger partial charge >= 0.3 is 6.03 Å². The molecule has 7 nitrogen and oxygen atoms in total. The van der Waals surface area contributed by atoms with E-state index in [1.54, 1.807) is 10.9 Å².